The number of ether oxygens (including phenoxy) is 2. The fraction of sp³-hybridized carbons (Fsp3) is 0.455. The first kappa shape index (κ1) is 9.19. The predicted molar refractivity (Wildman–Crippen MR) is 52.6 cm³/mol. The highest BCUT2D eigenvalue weighted by molar-refractivity contribution is 5.46. The zero-order chi connectivity index (χ0) is 10.1. The highest BCUT2D eigenvalue weighted by atomic mass is 16.7. The highest BCUT2D eigenvalue weighted by Gasteiger charge is 2.24. The number of phenols is 1. The molecule has 0 saturated carbocycles. The summed E-state index contributed by atoms with van der Waals surface area (Å²) in [4.78, 5) is 0. The normalized spacial score (nSPS) is 18.9. The summed E-state index contributed by atoms with van der Waals surface area (Å²) in [7, 11) is 0. The monoisotopic (exact) mass is 194 g/mol. The lowest BCUT2D eigenvalue weighted by atomic mass is 10.1. The molecule has 1 aliphatic heterocycles. The molecular formula is C11H14O3. The van der Waals surface area contributed by atoms with E-state index in [1.807, 2.05) is 0 Å². The van der Waals surface area contributed by atoms with Crippen LogP contribution in [0, 0.1) is 5.92 Å². The van der Waals surface area contributed by atoms with Gasteiger partial charge in [-0.05, 0) is 18.1 Å². The van der Waals surface area contributed by atoms with Crippen LogP contribution in [0.1, 0.15) is 20.3 Å². The molecule has 1 N–H and O–H groups in total. The predicted octanol–water partition coefficient (Wildman–Crippen LogP) is 2.54. The lowest BCUT2D eigenvalue weighted by Gasteiger charge is -2.11. The van der Waals surface area contributed by atoms with Gasteiger partial charge in [0.1, 0.15) is 5.75 Å². The maximum absolute atomic E-state index is 9.23. The van der Waals surface area contributed by atoms with E-state index in [9.17, 15) is 5.11 Å². The van der Waals surface area contributed by atoms with Crippen molar-refractivity contribution in [3.63, 3.8) is 0 Å². The first-order valence-electron chi connectivity index (χ1n) is 4.81. The topological polar surface area (TPSA) is 38.7 Å². The fourth-order valence-corrected chi connectivity index (χ4v) is 1.47. The van der Waals surface area contributed by atoms with Gasteiger partial charge in [-0.25, -0.2) is 0 Å². The van der Waals surface area contributed by atoms with Gasteiger partial charge in [-0.2, -0.15) is 0 Å². The number of fused-ring (bicyclic) bond motifs is 1. The molecule has 2 rings (SSSR count). The van der Waals surface area contributed by atoms with Crippen molar-refractivity contribution in [1.82, 2.24) is 0 Å². The second-order valence-corrected chi connectivity index (χ2v) is 3.93. The van der Waals surface area contributed by atoms with Crippen LogP contribution in [0.4, 0.5) is 0 Å². The number of hydrogen-bond acceptors (Lipinski definition) is 3. The summed E-state index contributed by atoms with van der Waals surface area (Å²) in [6, 6.07) is 4.90. The molecule has 14 heavy (non-hydrogen) atoms. The molecule has 3 heteroatoms. The smallest absolute Gasteiger partial charge is 0.241 e. The maximum atomic E-state index is 9.23. The van der Waals surface area contributed by atoms with Gasteiger partial charge < -0.3 is 14.6 Å². The Hall–Kier alpha value is -1.38. The number of hydrogen-bond donors (Lipinski definition) is 1. The van der Waals surface area contributed by atoms with E-state index in [2.05, 4.69) is 13.8 Å². The number of benzene rings is 1. The van der Waals surface area contributed by atoms with Crippen molar-refractivity contribution in [2.45, 2.75) is 26.6 Å². The molecule has 1 atom stereocenters. The third-order valence-electron chi connectivity index (χ3n) is 2.11. The quantitative estimate of drug-likeness (QED) is 0.786. The number of rotatable bonds is 2. The molecule has 1 unspecified atom stereocenters. The van der Waals surface area contributed by atoms with Crippen LogP contribution in [0.3, 0.4) is 0 Å². The Morgan fingerprint density at radius 1 is 1.29 bits per heavy atom. The van der Waals surface area contributed by atoms with Crippen LogP contribution < -0.4 is 9.47 Å². The van der Waals surface area contributed by atoms with Gasteiger partial charge in [0.05, 0.1) is 0 Å². The Bertz CT molecular complexity index is 333. The summed E-state index contributed by atoms with van der Waals surface area (Å²) in [5, 5.41) is 9.23. The van der Waals surface area contributed by atoms with Crippen LogP contribution >= 0.6 is 0 Å². The minimum atomic E-state index is -0.202. The summed E-state index contributed by atoms with van der Waals surface area (Å²) >= 11 is 0. The number of aromatic hydroxyl groups is 1. The molecule has 0 amide bonds. The lowest BCUT2D eigenvalue weighted by Crippen LogP contribution is -2.19. The SMILES string of the molecule is CC(C)CC1Oc2ccc(O)cc2O1. The molecule has 0 spiro atoms. The van der Waals surface area contributed by atoms with Gasteiger partial charge in [0.2, 0.25) is 6.29 Å². The molecule has 0 aromatic heterocycles. The first-order chi connectivity index (χ1) is 6.65. The Morgan fingerprint density at radius 2 is 2.00 bits per heavy atom. The van der Waals surface area contributed by atoms with Gasteiger partial charge in [0.15, 0.2) is 11.5 Å². The molecule has 0 bridgehead atoms. The van der Waals surface area contributed by atoms with Crippen molar-refractivity contribution in [2.24, 2.45) is 5.92 Å². The van der Waals surface area contributed by atoms with E-state index in [0.29, 0.717) is 17.4 Å². The van der Waals surface area contributed by atoms with Gasteiger partial charge in [-0.15, -0.1) is 0 Å². The van der Waals surface area contributed by atoms with Gasteiger partial charge in [-0.1, -0.05) is 13.8 Å². The van der Waals surface area contributed by atoms with E-state index in [0.717, 1.165) is 6.42 Å². The van der Waals surface area contributed by atoms with Crippen molar-refractivity contribution in [3.8, 4) is 17.2 Å². The lowest BCUT2D eigenvalue weighted by molar-refractivity contribution is 0.0311. The highest BCUT2D eigenvalue weighted by Crippen LogP contribution is 2.38. The molecule has 3 nitrogen and oxygen atoms in total. The third-order valence-corrected chi connectivity index (χ3v) is 2.11. The molecule has 0 fully saturated rings. The molecule has 1 aliphatic rings. The van der Waals surface area contributed by atoms with Crippen LogP contribution in [-0.4, -0.2) is 11.4 Å². The van der Waals surface area contributed by atoms with E-state index in [1.165, 1.54) is 0 Å². The molecule has 76 valence electrons. The molecule has 1 aromatic carbocycles. The van der Waals surface area contributed by atoms with Gasteiger partial charge in [-0.3, -0.25) is 0 Å². The van der Waals surface area contributed by atoms with Crippen molar-refractivity contribution in [1.29, 1.82) is 0 Å². The number of phenolic OH excluding ortho intramolecular Hbond substituents is 1. The van der Waals surface area contributed by atoms with E-state index in [-0.39, 0.29) is 12.0 Å². The van der Waals surface area contributed by atoms with Crippen molar-refractivity contribution >= 4 is 0 Å². The minimum Gasteiger partial charge on any atom is -0.508 e. The van der Waals surface area contributed by atoms with Crippen LogP contribution in [0.2, 0.25) is 0 Å². The standard InChI is InChI=1S/C11H14O3/c1-7(2)5-11-13-9-4-3-8(12)6-10(9)14-11/h3-4,6-7,11-12H,5H2,1-2H3. The molecule has 0 radical (unpaired) electrons. The Balaban J connectivity index is 2.10. The summed E-state index contributed by atoms with van der Waals surface area (Å²) in [6.45, 7) is 4.24. The Morgan fingerprint density at radius 3 is 2.71 bits per heavy atom. The minimum absolute atomic E-state index is 0.202. The Labute approximate surface area is 83.3 Å². The zero-order valence-electron chi connectivity index (χ0n) is 8.36. The van der Waals surface area contributed by atoms with Gasteiger partial charge in [0.25, 0.3) is 0 Å². The van der Waals surface area contributed by atoms with Crippen LogP contribution in [0.5, 0.6) is 17.2 Å². The molecule has 1 aromatic rings. The fourth-order valence-electron chi connectivity index (χ4n) is 1.47. The average molecular weight is 194 g/mol. The molecule has 0 aliphatic carbocycles. The first-order valence-corrected chi connectivity index (χ1v) is 4.81. The largest absolute Gasteiger partial charge is 0.508 e. The van der Waals surface area contributed by atoms with Crippen LogP contribution in [0.15, 0.2) is 18.2 Å². The third kappa shape index (κ3) is 1.76. The second kappa shape index (κ2) is 3.40. The van der Waals surface area contributed by atoms with Gasteiger partial charge in [0, 0.05) is 12.5 Å². The zero-order valence-corrected chi connectivity index (χ0v) is 8.36. The van der Waals surface area contributed by atoms with Crippen molar-refractivity contribution < 1.29 is 14.6 Å². The van der Waals surface area contributed by atoms with E-state index in [4.69, 9.17) is 9.47 Å². The average Bonchev–Trinajstić information content (AvgIpc) is 2.44. The summed E-state index contributed by atoms with van der Waals surface area (Å²) < 4.78 is 11.1. The van der Waals surface area contributed by atoms with Crippen LogP contribution in [-0.2, 0) is 0 Å². The van der Waals surface area contributed by atoms with Crippen molar-refractivity contribution in [3.05, 3.63) is 18.2 Å². The molecule has 1 heterocycles. The molecule has 0 saturated heterocycles. The van der Waals surface area contributed by atoms with Gasteiger partial charge >= 0.3 is 0 Å². The Kier molecular flexibility index (Phi) is 2.23. The summed E-state index contributed by atoms with van der Waals surface area (Å²) in [6.07, 6.45) is 0.655. The van der Waals surface area contributed by atoms with E-state index < -0.39 is 0 Å². The van der Waals surface area contributed by atoms with Crippen molar-refractivity contribution in [2.75, 3.05) is 0 Å². The summed E-state index contributed by atoms with van der Waals surface area (Å²) in [5.41, 5.74) is 0. The second-order valence-electron chi connectivity index (χ2n) is 3.93. The van der Waals surface area contributed by atoms with E-state index in [1.54, 1.807) is 18.2 Å². The van der Waals surface area contributed by atoms with E-state index >= 15 is 0 Å². The maximum Gasteiger partial charge on any atom is 0.241 e. The summed E-state index contributed by atoms with van der Waals surface area (Å²) in [5.74, 6) is 2.09. The van der Waals surface area contributed by atoms with Crippen LogP contribution in [0.25, 0.3) is 0 Å². The molecular weight excluding hydrogens is 180 g/mol.